The average molecular weight is 525 g/mol. The summed E-state index contributed by atoms with van der Waals surface area (Å²) in [4.78, 5) is 21.2. The highest BCUT2D eigenvalue weighted by Gasteiger charge is 2.30. The molecule has 1 aromatic carbocycles. The third-order valence-electron chi connectivity index (χ3n) is 5.81. The SMILES string of the molecule is NS(=O)(=O)OC[C@@H]1CC[C@H](Nc2ncncc2C(=O)c2ccn(Cc3ccc(C(F)(F)F)cc3)n2)C1. The molecular formula is C22H23F3N6O4S. The smallest absolute Gasteiger partial charge is 0.367 e. The molecule has 192 valence electrons. The number of ketones is 1. The Morgan fingerprint density at radius 3 is 2.64 bits per heavy atom. The van der Waals surface area contributed by atoms with Gasteiger partial charge in [0.15, 0.2) is 0 Å². The lowest BCUT2D eigenvalue weighted by Crippen LogP contribution is -2.22. The molecule has 36 heavy (non-hydrogen) atoms. The number of alkyl halides is 3. The zero-order valence-corrected chi connectivity index (χ0v) is 19.7. The van der Waals surface area contributed by atoms with Crippen molar-refractivity contribution in [1.82, 2.24) is 19.7 Å². The van der Waals surface area contributed by atoms with Crippen LogP contribution in [0.15, 0.2) is 49.1 Å². The van der Waals surface area contributed by atoms with E-state index in [4.69, 9.17) is 5.14 Å². The minimum atomic E-state index is -4.41. The number of anilines is 1. The molecular weight excluding hydrogens is 501 g/mol. The Bertz CT molecular complexity index is 1330. The van der Waals surface area contributed by atoms with Crippen LogP contribution in [-0.2, 0) is 27.2 Å². The first-order chi connectivity index (χ1) is 17.0. The Labute approximate surface area is 205 Å². The first kappa shape index (κ1) is 25.7. The monoisotopic (exact) mass is 524 g/mol. The van der Waals surface area contributed by atoms with Crippen LogP contribution in [0, 0.1) is 5.92 Å². The summed E-state index contributed by atoms with van der Waals surface area (Å²) >= 11 is 0. The topological polar surface area (TPSA) is 142 Å². The number of nitrogens with zero attached hydrogens (tertiary/aromatic N) is 4. The van der Waals surface area contributed by atoms with Gasteiger partial charge >= 0.3 is 16.5 Å². The summed E-state index contributed by atoms with van der Waals surface area (Å²) in [6, 6.07) is 6.18. The van der Waals surface area contributed by atoms with Gasteiger partial charge in [-0.2, -0.15) is 26.7 Å². The first-order valence-electron chi connectivity index (χ1n) is 11.0. The van der Waals surface area contributed by atoms with Crippen LogP contribution in [0.4, 0.5) is 19.0 Å². The number of carbonyl (C=O) groups excluding carboxylic acids is 1. The molecule has 0 bridgehead atoms. The molecule has 2 atom stereocenters. The number of benzene rings is 1. The Kier molecular flexibility index (Phi) is 7.38. The van der Waals surface area contributed by atoms with E-state index < -0.39 is 27.8 Å². The van der Waals surface area contributed by atoms with Crippen molar-refractivity contribution in [3.05, 3.63) is 71.4 Å². The van der Waals surface area contributed by atoms with Crippen molar-refractivity contribution in [3.63, 3.8) is 0 Å². The van der Waals surface area contributed by atoms with Crippen molar-refractivity contribution in [3.8, 4) is 0 Å². The summed E-state index contributed by atoms with van der Waals surface area (Å²) in [6.45, 7) is 0.175. The predicted octanol–water partition coefficient (Wildman–Crippen LogP) is 2.77. The van der Waals surface area contributed by atoms with Gasteiger partial charge in [-0.05, 0) is 48.9 Å². The van der Waals surface area contributed by atoms with Crippen LogP contribution in [0.5, 0.6) is 0 Å². The Hall–Kier alpha value is -3.36. The zero-order chi connectivity index (χ0) is 25.9. The lowest BCUT2D eigenvalue weighted by molar-refractivity contribution is -0.137. The number of nitrogens with two attached hydrogens (primary N) is 1. The van der Waals surface area contributed by atoms with Crippen LogP contribution in [-0.4, -0.2) is 46.6 Å². The average Bonchev–Trinajstić information content (AvgIpc) is 3.47. The van der Waals surface area contributed by atoms with E-state index in [1.54, 1.807) is 6.20 Å². The minimum absolute atomic E-state index is 0.0110. The van der Waals surface area contributed by atoms with Gasteiger partial charge in [-0.3, -0.25) is 13.7 Å². The van der Waals surface area contributed by atoms with E-state index >= 15 is 0 Å². The van der Waals surface area contributed by atoms with Gasteiger partial charge in [0.05, 0.1) is 24.3 Å². The van der Waals surface area contributed by atoms with E-state index in [0.717, 1.165) is 25.0 Å². The van der Waals surface area contributed by atoms with Gasteiger partial charge in [0.1, 0.15) is 17.8 Å². The van der Waals surface area contributed by atoms with Crippen LogP contribution < -0.4 is 10.5 Å². The molecule has 2 heterocycles. The molecule has 3 aromatic rings. The largest absolute Gasteiger partial charge is 0.416 e. The fraction of sp³-hybridized carbons (Fsp3) is 0.364. The molecule has 0 unspecified atom stereocenters. The Balaban J connectivity index is 1.41. The third kappa shape index (κ3) is 6.65. The molecule has 0 amide bonds. The van der Waals surface area contributed by atoms with Crippen molar-refractivity contribution in [2.75, 3.05) is 11.9 Å². The highest BCUT2D eigenvalue weighted by atomic mass is 32.2. The molecule has 2 aromatic heterocycles. The van der Waals surface area contributed by atoms with Gasteiger partial charge in [0, 0.05) is 18.4 Å². The molecule has 14 heteroatoms. The molecule has 1 saturated carbocycles. The second kappa shape index (κ2) is 10.3. The molecule has 1 fully saturated rings. The summed E-state index contributed by atoms with van der Waals surface area (Å²) in [6.07, 6.45) is 1.88. The van der Waals surface area contributed by atoms with E-state index in [1.807, 2.05) is 0 Å². The molecule has 0 aliphatic heterocycles. The number of carbonyl (C=O) groups is 1. The number of rotatable bonds is 9. The van der Waals surface area contributed by atoms with Gasteiger partial charge in [0.25, 0.3) is 0 Å². The van der Waals surface area contributed by atoms with Crippen molar-refractivity contribution in [1.29, 1.82) is 0 Å². The van der Waals surface area contributed by atoms with E-state index in [0.29, 0.717) is 17.8 Å². The number of hydrogen-bond acceptors (Lipinski definition) is 8. The molecule has 4 rings (SSSR count). The standard InChI is InChI=1S/C22H23F3N6O4S/c23-22(24,25)16-4-1-14(2-5-16)11-31-8-7-19(30-31)20(32)18-10-27-13-28-21(18)29-17-6-3-15(9-17)12-35-36(26,33)34/h1-2,4-5,7-8,10,13,15,17H,3,6,9,11-12H2,(H2,26,33,34)(H,27,28,29)/t15-,17+/m1/s1. The predicted molar refractivity (Wildman–Crippen MR) is 122 cm³/mol. The van der Waals surface area contributed by atoms with Gasteiger partial charge < -0.3 is 5.32 Å². The first-order valence-corrected chi connectivity index (χ1v) is 12.4. The van der Waals surface area contributed by atoms with E-state index in [2.05, 4.69) is 24.6 Å². The van der Waals surface area contributed by atoms with Gasteiger partial charge in [0.2, 0.25) is 5.78 Å². The second-order valence-corrected chi connectivity index (χ2v) is 9.73. The third-order valence-corrected chi connectivity index (χ3v) is 6.27. The molecule has 1 aliphatic rings. The zero-order valence-electron chi connectivity index (χ0n) is 18.9. The normalized spacial score (nSPS) is 18.3. The summed E-state index contributed by atoms with van der Waals surface area (Å²) in [5.74, 6) is -0.107. The van der Waals surface area contributed by atoms with Crippen LogP contribution in [0.3, 0.4) is 0 Å². The van der Waals surface area contributed by atoms with Gasteiger partial charge in [-0.25, -0.2) is 15.1 Å². The highest BCUT2D eigenvalue weighted by molar-refractivity contribution is 7.84. The molecule has 1 aliphatic carbocycles. The quantitative estimate of drug-likeness (QED) is 0.407. The number of hydrogen-bond donors (Lipinski definition) is 2. The fourth-order valence-electron chi connectivity index (χ4n) is 4.05. The summed E-state index contributed by atoms with van der Waals surface area (Å²) in [5.41, 5.74) is 0.196. The summed E-state index contributed by atoms with van der Waals surface area (Å²) < 4.78 is 66.4. The van der Waals surface area contributed by atoms with Crippen molar-refractivity contribution >= 4 is 21.9 Å². The lowest BCUT2D eigenvalue weighted by Gasteiger charge is -2.15. The minimum Gasteiger partial charge on any atom is -0.367 e. The maximum absolute atomic E-state index is 13.1. The summed E-state index contributed by atoms with van der Waals surface area (Å²) in [7, 11) is -4.00. The van der Waals surface area contributed by atoms with Crippen molar-refractivity contribution < 1.29 is 30.6 Å². The highest BCUT2D eigenvalue weighted by Crippen LogP contribution is 2.30. The molecule has 10 nitrogen and oxygen atoms in total. The van der Waals surface area contributed by atoms with Crippen LogP contribution >= 0.6 is 0 Å². The Morgan fingerprint density at radius 2 is 1.94 bits per heavy atom. The van der Waals surface area contributed by atoms with E-state index in [9.17, 15) is 26.4 Å². The van der Waals surface area contributed by atoms with Gasteiger partial charge in [-0.1, -0.05) is 12.1 Å². The van der Waals surface area contributed by atoms with Crippen molar-refractivity contribution in [2.24, 2.45) is 11.1 Å². The van der Waals surface area contributed by atoms with E-state index in [1.165, 1.54) is 35.4 Å². The van der Waals surface area contributed by atoms with Crippen LogP contribution in [0.2, 0.25) is 0 Å². The van der Waals surface area contributed by atoms with Crippen molar-refractivity contribution in [2.45, 2.75) is 38.0 Å². The molecule has 0 radical (unpaired) electrons. The summed E-state index contributed by atoms with van der Waals surface area (Å²) in [5, 5.41) is 12.4. The van der Waals surface area contributed by atoms with Crippen LogP contribution in [0.1, 0.15) is 46.4 Å². The molecule has 3 N–H and O–H groups in total. The maximum atomic E-state index is 13.1. The maximum Gasteiger partial charge on any atom is 0.416 e. The second-order valence-electron chi connectivity index (χ2n) is 8.51. The molecule has 0 saturated heterocycles. The fourth-order valence-corrected chi connectivity index (χ4v) is 4.43. The number of aromatic nitrogens is 4. The van der Waals surface area contributed by atoms with Crippen LogP contribution in [0.25, 0.3) is 0 Å². The molecule has 0 spiro atoms. The number of nitrogens with one attached hydrogen (secondary N) is 1. The van der Waals surface area contributed by atoms with E-state index in [-0.39, 0.29) is 36.4 Å². The lowest BCUT2D eigenvalue weighted by atomic mass is 10.1. The Morgan fingerprint density at radius 1 is 1.19 bits per heavy atom. The number of halogens is 3. The van der Waals surface area contributed by atoms with Gasteiger partial charge in [-0.15, -0.1) is 0 Å².